The Hall–Kier alpha value is -2.96. The number of aromatic nitrogens is 2. The fraction of sp³-hybridized carbons (Fsp3) is 0.208. The molecule has 158 valence electrons. The number of amides is 1. The summed E-state index contributed by atoms with van der Waals surface area (Å²) in [5, 5.41) is 9.87. The van der Waals surface area contributed by atoms with Gasteiger partial charge in [-0.1, -0.05) is 73.1 Å². The van der Waals surface area contributed by atoms with Crippen molar-refractivity contribution < 1.29 is 9.32 Å². The molecular weight excluding hydrogens is 430 g/mol. The van der Waals surface area contributed by atoms with Crippen molar-refractivity contribution in [3.63, 3.8) is 0 Å². The van der Waals surface area contributed by atoms with Gasteiger partial charge < -0.3 is 4.52 Å². The second kappa shape index (κ2) is 9.04. The lowest BCUT2D eigenvalue weighted by atomic mass is 10.0. The quantitative estimate of drug-likeness (QED) is 0.347. The molecule has 2 aromatic heterocycles. The van der Waals surface area contributed by atoms with Crippen LogP contribution in [-0.4, -0.2) is 16.0 Å². The van der Waals surface area contributed by atoms with Gasteiger partial charge in [-0.2, -0.15) is 0 Å². The van der Waals surface area contributed by atoms with Crippen molar-refractivity contribution in [3.8, 4) is 22.5 Å². The minimum atomic E-state index is -0.332. The zero-order chi connectivity index (χ0) is 22.0. The minimum Gasteiger partial charge on any atom is -0.360 e. The van der Waals surface area contributed by atoms with Crippen LogP contribution in [0.15, 0.2) is 58.4 Å². The maximum atomic E-state index is 13.0. The van der Waals surface area contributed by atoms with Crippen molar-refractivity contribution in [1.29, 1.82) is 0 Å². The van der Waals surface area contributed by atoms with E-state index in [0.29, 0.717) is 38.7 Å². The third kappa shape index (κ3) is 4.70. The summed E-state index contributed by atoms with van der Waals surface area (Å²) >= 11 is 7.67. The lowest BCUT2D eigenvalue weighted by molar-refractivity contribution is 0.102. The molecule has 5 nitrogen and oxygen atoms in total. The number of hydrogen-bond donors (Lipinski definition) is 1. The van der Waals surface area contributed by atoms with E-state index in [9.17, 15) is 4.79 Å². The van der Waals surface area contributed by atoms with Gasteiger partial charge in [-0.3, -0.25) is 10.1 Å². The Bertz CT molecular complexity index is 1210. The van der Waals surface area contributed by atoms with Crippen molar-refractivity contribution in [2.24, 2.45) is 5.92 Å². The highest BCUT2D eigenvalue weighted by molar-refractivity contribution is 7.14. The summed E-state index contributed by atoms with van der Waals surface area (Å²) in [6.45, 7) is 6.11. The molecule has 0 radical (unpaired) electrons. The van der Waals surface area contributed by atoms with Gasteiger partial charge in [0.1, 0.15) is 17.0 Å². The first kappa shape index (κ1) is 21.3. The number of halogens is 1. The molecule has 0 bridgehead atoms. The normalized spacial score (nSPS) is 11.1. The first-order valence-corrected chi connectivity index (χ1v) is 11.3. The van der Waals surface area contributed by atoms with E-state index < -0.39 is 0 Å². The molecule has 1 amide bonds. The highest BCUT2D eigenvalue weighted by Gasteiger charge is 2.23. The summed E-state index contributed by atoms with van der Waals surface area (Å²) < 4.78 is 5.29. The van der Waals surface area contributed by atoms with E-state index in [1.807, 2.05) is 17.5 Å². The number of aryl methyl sites for hydroxylation is 1. The summed E-state index contributed by atoms with van der Waals surface area (Å²) in [5.74, 6) is 0.704. The van der Waals surface area contributed by atoms with Crippen molar-refractivity contribution in [1.82, 2.24) is 10.1 Å². The maximum Gasteiger partial charge on any atom is 0.263 e. The third-order valence-corrected chi connectivity index (χ3v) is 5.92. The SMILES string of the molecule is Cc1onc(-c2ccccc2Cl)c1C(=O)Nc1nc(-c2ccc(CC(C)C)cc2)cs1. The number of carbonyl (C=O) groups excluding carboxylic acids is 1. The Morgan fingerprint density at radius 2 is 1.90 bits per heavy atom. The Kier molecular flexibility index (Phi) is 6.20. The van der Waals surface area contributed by atoms with E-state index in [1.54, 1.807) is 19.1 Å². The first-order valence-electron chi connectivity index (χ1n) is 9.99. The molecule has 0 saturated heterocycles. The van der Waals surface area contributed by atoms with E-state index in [0.717, 1.165) is 17.7 Å². The fourth-order valence-corrected chi connectivity index (χ4v) is 4.32. The molecule has 31 heavy (non-hydrogen) atoms. The molecule has 4 rings (SSSR count). The van der Waals surface area contributed by atoms with Crippen LogP contribution in [-0.2, 0) is 6.42 Å². The molecule has 0 aliphatic heterocycles. The van der Waals surface area contributed by atoms with Crippen molar-refractivity contribution in [2.75, 3.05) is 5.32 Å². The molecule has 7 heteroatoms. The van der Waals surface area contributed by atoms with E-state index in [2.05, 4.69) is 53.6 Å². The number of thiazole rings is 1. The van der Waals surface area contributed by atoms with Crippen LogP contribution >= 0.6 is 22.9 Å². The van der Waals surface area contributed by atoms with E-state index in [4.69, 9.17) is 16.1 Å². The van der Waals surface area contributed by atoms with Crippen LogP contribution in [0.5, 0.6) is 0 Å². The molecule has 2 aromatic carbocycles. The van der Waals surface area contributed by atoms with Gasteiger partial charge in [0, 0.05) is 16.5 Å². The average molecular weight is 452 g/mol. The number of hydrogen-bond acceptors (Lipinski definition) is 5. The first-order chi connectivity index (χ1) is 14.9. The van der Waals surface area contributed by atoms with Crippen molar-refractivity contribution in [2.45, 2.75) is 27.2 Å². The Morgan fingerprint density at radius 3 is 2.61 bits per heavy atom. The number of rotatable bonds is 6. The smallest absolute Gasteiger partial charge is 0.263 e. The largest absolute Gasteiger partial charge is 0.360 e. The highest BCUT2D eigenvalue weighted by atomic mass is 35.5. The monoisotopic (exact) mass is 451 g/mol. The van der Waals surface area contributed by atoms with Gasteiger partial charge in [0.15, 0.2) is 5.13 Å². The number of nitrogens with zero attached hydrogens (tertiary/aromatic N) is 2. The number of carbonyl (C=O) groups is 1. The summed E-state index contributed by atoms with van der Waals surface area (Å²) in [5.41, 5.74) is 4.55. The Balaban J connectivity index is 1.54. The van der Waals surface area contributed by atoms with Crippen LogP contribution in [0.1, 0.15) is 35.5 Å². The number of anilines is 1. The Morgan fingerprint density at radius 1 is 1.16 bits per heavy atom. The van der Waals surface area contributed by atoms with Crippen molar-refractivity contribution in [3.05, 3.63) is 75.8 Å². The van der Waals surface area contributed by atoms with Crippen LogP contribution in [0.2, 0.25) is 5.02 Å². The Labute approximate surface area is 190 Å². The zero-order valence-electron chi connectivity index (χ0n) is 17.5. The molecule has 1 N–H and O–H groups in total. The highest BCUT2D eigenvalue weighted by Crippen LogP contribution is 2.32. The topological polar surface area (TPSA) is 68.0 Å². The summed E-state index contributed by atoms with van der Waals surface area (Å²) in [6.07, 6.45) is 1.05. The van der Waals surface area contributed by atoms with Crippen molar-refractivity contribution >= 4 is 34.0 Å². The molecule has 2 heterocycles. The lowest BCUT2D eigenvalue weighted by Crippen LogP contribution is -2.13. The van der Waals surface area contributed by atoms with Gasteiger partial charge in [0.25, 0.3) is 5.91 Å². The number of benzene rings is 2. The number of nitrogens with one attached hydrogen (secondary N) is 1. The molecule has 0 saturated carbocycles. The molecule has 0 spiro atoms. The van der Waals surface area contributed by atoms with Crippen LogP contribution in [0.25, 0.3) is 22.5 Å². The van der Waals surface area contributed by atoms with Gasteiger partial charge in [-0.15, -0.1) is 11.3 Å². The second-order valence-electron chi connectivity index (χ2n) is 7.73. The van der Waals surface area contributed by atoms with Gasteiger partial charge >= 0.3 is 0 Å². The summed E-state index contributed by atoms with van der Waals surface area (Å²) in [7, 11) is 0. The molecule has 4 aromatic rings. The molecule has 0 aliphatic rings. The van der Waals surface area contributed by atoms with Crippen LogP contribution in [0, 0.1) is 12.8 Å². The molecule has 0 atom stereocenters. The molecule has 0 unspecified atom stereocenters. The lowest BCUT2D eigenvalue weighted by Gasteiger charge is -2.05. The third-order valence-electron chi connectivity index (χ3n) is 4.84. The molecule has 0 fully saturated rings. The predicted octanol–water partition coefficient (Wildman–Crippen LogP) is 6.88. The summed E-state index contributed by atoms with van der Waals surface area (Å²) in [4.78, 5) is 17.6. The predicted molar refractivity (Wildman–Crippen MR) is 126 cm³/mol. The van der Waals surface area contributed by atoms with Gasteiger partial charge in [-0.25, -0.2) is 4.98 Å². The van der Waals surface area contributed by atoms with Crippen LogP contribution in [0.3, 0.4) is 0 Å². The molecule has 0 aliphatic carbocycles. The van der Waals surface area contributed by atoms with Crippen LogP contribution in [0.4, 0.5) is 5.13 Å². The molecular formula is C24H22ClN3O2S. The average Bonchev–Trinajstić information content (AvgIpc) is 3.35. The fourth-order valence-electron chi connectivity index (χ4n) is 3.38. The van der Waals surface area contributed by atoms with Gasteiger partial charge in [0.2, 0.25) is 0 Å². The second-order valence-corrected chi connectivity index (χ2v) is 8.99. The maximum absolute atomic E-state index is 13.0. The summed E-state index contributed by atoms with van der Waals surface area (Å²) in [6, 6.07) is 15.6. The van der Waals surface area contributed by atoms with E-state index in [1.165, 1.54) is 16.9 Å². The van der Waals surface area contributed by atoms with Gasteiger partial charge in [0.05, 0.1) is 10.7 Å². The zero-order valence-corrected chi connectivity index (χ0v) is 19.1. The van der Waals surface area contributed by atoms with E-state index >= 15 is 0 Å². The van der Waals surface area contributed by atoms with E-state index in [-0.39, 0.29) is 5.91 Å². The standard InChI is InChI=1S/C24H22ClN3O2S/c1-14(2)12-16-8-10-17(11-9-16)20-13-31-24(26-20)27-23(29)21-15(3)30-28-22(21)18-6-4-5-7-19(18)25/h4-11,13-14H,12H2,1-3H3,(H,26,27,29). The van der Waals surface area contributed by atoms with Gasteiger partial charge in [-0.05, 0) is 30.9 Å². The minimum absolute atomic E-state index is 0.332. The van der Waals surface area contributed by atoms with Crippen LogP contribution < -0.4 is 5.32 Å².